The molecule has 0 spiro atoms. The first-order valence-corrected chi connectivity index (χ1v) is 9.30. The number of nitrogens with zero attached hydrogens (tertiary/aromatic N) is 1. The number of nitro benzene ring substituents is 1. The lowest BCUT2D eigenvalue weighted by Gasteiger charge is -2.16. The molecule has 2 rings (SSSR count). The molecule has 2 aromatic carbocycles. The first kappa shape index (κ1) is 19.8. The zero-order chi connectivity index (χ0) is 19.5. The van der Waals surface area contributed by atoms with Crippen LogP contribution >= 0.6 is 11.6 Å². The SMILES string of the molecule is CC(=O)Nc1cccc(C(C)NS(=O)(=O)c2ccc(Cl)cc2[N+](=O)[O-])c1. The van der Waals surface area contributed by atoms with E-state index in [0.717, 1.165) is 12.1 Å². The third kappa shape index (κ3) is 4.78. The maximum atomic E-state index is 12.6. The van der Waals surface area contributed by atoms with Gasteiger partial charge >= 0.3 is 0 Å². The molecule has 0 aliphatic heterocycles. The van der Waals surface area contributed by atoms with Gasteiger partial charge < -0.3 is 5.32 Å². The Hall–Kier alpha value is -2.49. The summed E-state index contributed by atoms with van der Waals surface area (Å²) >= 11 is 5.72. The van der Waals surface area contributed by atoms with Gasteiger partial charge in [0.2, 0.25) is 15.9 Å². The summed E-state index contributed by atoms with van der Waals surface area (Å²) < 4.78 is 27.6. The van der Waals surface area contributed by atoms with E-state index in [2.05, 4.69) is 10.0 Å². The number of sulfonamides is 1. The second-order valence-electron chi connectivity index (χ2n) is 5.52. The highest BCUT2D eigenvalue weighted by atomic mass is 35.5. The maximum absolute atomic E-state index is 12.6. The number of anilines is 1. The summed E-state index contributed by atoms with van der Waals surface area (Å²) in [4.78, 5) is 21.0. The summed E-state index contributed by atoms with van der Waals surface area (Å²) in [6, 6.07) is 9.27. The molecule has 0 aliphatic rings. The van der Waals surface area contributed by atoms with E-state index >= 15 is 0 Å². The third-order valence-corrected chi connectivity index (χ3v) is 5.27. The average molecular weight is 398 g/mol. The lowest BCUT2D eigenvalue weighted by Crippen LogP contribution is -2.27. The van der Waals surface area contributed by atoms with Crippen LogP contribution in [0.15, 0.2) is 47.4 Å². The maximum Gasteiger partial charge on any atom is 0.290 e. The summed E-state index contributed by atoms with van der Waals surface area (Å²) in [5.74, 6) is -0.257. The van der Waals surface area contributed by atoms with Gasteiger partial charge in [-0.25, -0.2) is 13.1 Å². The molecule has 26 heavy (non-hydrogen) atoms. The van der Waals surface area contributed by atoms with Crippen LogP contribution in [0.4, 0.5) is 11.4 Å². The molecule has 0 aromatic heterocycles. The van der Waals surface area contributed by atoms with Gasteiger partial charge in [0.1, 0.15) is 0 Å². The van der Waals surface area contributed by atoms with Gasteiger partial charge in [-0.15, -0.1) is 0 Å². The average Bonchev–Trinajstić information content (AvgIpc) is 2.53. The first-order chi connectivity index (χ1) is 12.1. The number of nitro groups is 1. The van der Waals surface area contributed by atoms with Crippen molar-refractivity contribution in [3.63, 3.8) is 0 Å². The fraction of sp³-hybridized carbons (Fsp3) is 0.188. The van der Waals surface area contributed by atoms with E-state index in [4.69, 9.17) is 11.6 Å². The van der Waals surface area contributed by atoms with Crippen LogP contribution in [0.25, 0.3) is 0 Å². The van der Waals surface area contributed by atoms with Crippen molar-refractivity contribution in [1.29, 1.82) is 0 Å². The highest BCUT2D eigenvalue weighted by molar-refractivity contribution is 7.89. The Balaban J connectivity index is 2.32. The standard InChI is InChI=1S/C16H16ClN3O5S/c1-10(12-4-3-5-14(8-12)18-11(2)21)19-26(24,25)16-7-6-13(17)9-15(16)20(22)23/h3-10,19H,1-2H3,(H,18,21). The summed E-state index contributed by atoms with van der Waals surface area (Å²) in [5, 5.41) is 13.8. The van der Waals surface area contributed by atoms with Gasteiger partial charge in [-0.3, -0.25) is 14.9 Å². The van der Waals surface area contributed by atoms with Crippen molar-refractivity contribution in [2.45, 2.75) is 24.8 Å². The molecule has 0 aliphatic carbocycles. The Morgan fingerprint density at radius 3 is 2.54 bits per heavy atom. The van der Waals surface area contributed by atoms with E-state index in [9.17, 15) is 23.3 Å². The fourth-order valence-electron chi connectivity index (χ4n) is 2.31. The lowest BCUT2D eigenvalue weighted by molar-refractivity contribution is -0.387. The number of hydrogen-bond donors (Lipinski definition) is 2. The molecule has 1 unspecified atom stereocenters. The number of carbonyl (C=O) groups is 1. The van der Waals surface area contributed by atoms with Crippen LogP contribution in [0.3, 0.4) is 0 Å². The molecule has 8 nitrogen and oxygen atoms in total. The second kappa shape index (κ2) is 7.81. The Kier molecular flexibility index (Phi) is 5.96. The van der Waals surface area contributed by atoms with Gasteiger partial charge in [0.25, 0.3) is 5.69 Å². The largest absolute Gasteiger partial charge is 0.326 e. The predicted octanol–water partition coefficient (Wildman–Crippen LogP) is 3.25. The Labute approximate surface area is 155 Å². The van der Waals surface area contributed by atoms with E-state index in [1.807, 2.05) is 0 Å². The van der Waals surface area contributed by atoms with Crippen molar-refractivity contribution >= 4 is 38.9 Å². The van der Waals surface area contributed by atoms with Gasteiger partial charge in [0, 0.05) is 29.7 Å². The van der Waals surface area contributed by atoms with Crippen LogP contribution in [0.5, 0.6) is 0 Å². The zero-order valence-corrected chi connectivity index (χ0v) is 15.5. The molecule has 0 radical (unpaired) electrons. The van der Waals surface area contributed by atoms with E-state index in [-0.39, 0.29) is 10.9 Å². The topological polar surface area (TPSA) is 118 Å². The molecule has 138 valence electrons. The second-order valence-corrected chi connectivity index (χ2v) is 7.64. The molecular formula is C16H16ClN3O5S. The van der Waals surface area contributed by atoms with Crippen molar-refractivity contribution in [2.75, 3.05) is 5.32 Å². The molecule has 0 saturated carbocycles. The molecule has 1 atom stereocenters. The Morgan fingerprint density at radius 1 is 1.23 bits per heavy atom. The molecule has 0 saturated heterocycles. The number of amides is 1. The van der Waals surface area contributed by atoms with Crippen molar-refractivity contribution in [2.24, 2.45) is 0 Å². The lowest BCUT2D eigenvalue weighted by atomic mass is 10.1. The van der Waals surface area contributed by atoms with E-state index in [1.165, 1.54) is 13.0 Å². The molecule has 10 heteroatoms. The molecule has 0 heterocycles. The van der Waals surface area contributed by atoms with Crippen LogP contribution < -0.4 is 10.0 Å². The fourth-order valence-corrected chi connectivity index (χ4v) is 3.86. The number of nitrogens with one attached hydrogen (secondary N) is 2. The van der Waals surface area contributed by atoms with Gasteiger partial charge in [0.05, 0.1) is 4.92 Å². The van der Waals surface area contributed by atoms with Crippen molar-refractivity contribution in [1.82, 2.24) is 4.72 Å². The monoisotopic (exact) mass is 397 g/mol. The van der Waals surface area contributed by atoms with Crippen molar-refractivity contribution in [3.05, 3.63) is 63.2 Å². The zero-order valence-electron chi connectivity index (χ0n) is 13.9. The van der Waals surface area contributed by atoms with Crippen LogP contribution in [0.1, 0.15) is 25.5 Å². The smallest absolute Gasteiger partial charge is 0.290 e. The Bertz CT molecular complexity index is 962. The normalized spacial score (nSPS) is 12.4. The highest BCUT2D eigenvalue weighted by Crippen LogP contribution is 2.28. The molecule has 2 N–H and O–H groups in total. The molecule has 2 aromatic rings. The number of carbonyl (C=O) groups excluding carboxylic acids is 1. The molecule has 0 bridgehead atoms. The summed E-state index contributed by atoms with van der Waals surface area (Å²) in [6.45, 7) is 2.95. The van der Waals surface area contributed by atoms with E-state index in [0.29, 0.717) is 11.3 Å². The minimum absolute atomic E-state index is 0.0618. The predicted molar refractivity (Wildman–Crippen MR) is 97.6 cm³/mol. The first-order valence-electron chi connectivity index (χ1n) is 7.44. The summed E-state index contributed by atoms with van der Waals surface area (Å²) in [7, 11) is -4.17. The van der Waals surface area contributed by atoms with Crippen LogP contribution in [0.2, 0.25) is 5.02 Å². The summed E-state index contributed by atoms with van der Waals surface area (Å²) in [5.41, 5.74) is 0.485. The van der Waals surface area contributed by atoms with Gasteiger partial charge in [0.15, 0.2) is 4.90 Å². The van der Waals surface area contributed by atoms with E-state index < -0.39 is 31.6 Å². The summed E-state index contributed by atoms with van der Waals surface area (Å²) in [6.07, 6.45) is 0. The highest BCUT2D eigenvalue weighted by Gasteiger charge is 2.27. The molecule has 0 fully saturated rings. The third-order valence-electron chi connectivity index (χ3n) is 3.45. The number of benzene rings is 2. The van der Waals surface area contributed by atoms with Crippen molar-refractivity contribution < 1.29 is 18.1 Å². The van der Waals surface area contributed by atoms with E-state index in [1.54, 1.807) is 31.2 Å². The minimum Gasteiger partial charge on any atom is -0.326 e. The minimum atomic E-state index is -4.17. The number of halogens is 1. The quantitative estimate of drug-likeness (QED) is 0.572. The Morgan fingerprint density at radius 2 is 1.92 bits per heavy atom. The van der Waals surface area contributed by atoms with Gasteiger partial charge in [-0.05, 0) is 36.8 Å². The number of hydrogen-bond acceptors (Lipinski definition) is 5. The molecular weight excluding hydrogens is 382 g/mol. The van der Waals surface area contributed by atoms with Gasteiger partial charge in [-0.2, -0.15) is 0 Å². The molecule has 1 amide bonds. The number of rotatable bonds is 6. The van der Waals surface area contributed by atoms with Crippen LogP contribution in [-0.2, 0) is 14.8 Å². The van der Waals surface area contributed by atoms with Crippen LogP contribution in [0, 0.1) is 10.1 Å². The van der Waals surface area contributed by atoms with Gasteiger partial charge in [-0.1, -0.05) is 23.7 Å². The van der Waals surface area contributed by atoms with Crippen LogP contribution in [-0.4, -0.2) is 19.2 Å². The van der Waals surface area contributed by atoms with Crippen molar-refractivity contribution in [3.8, 4) is 0 Å².